The average molecular weight is 990 g/mol. The fraction of sp³-hybridized carbons (Fsp3) is 0.231. The van der Waals surface area contributed by atoms with E-state index in [1.165, 1.54) is 52.6 Å². The van der Waals surface area contributed by atoms with E-state index in [2.05, 4.69) is 152 Å². The van der Waals surface area contributed by atoms with Crippen molar-refractivity contribution >= 4 is 80.3 Å². The van der Waals surface area contributed by atoms with Crippen molar-refractivity contribution in [3.05, 3.63) is 182 Å². The Balaban J connectivity index is 0.000000316. The zero-order valence-electron chi connectivity index (χ0n) is 36.2. The van der Waals surface area contributed by atoms with Gasteiger partial charge in [0.2, 0.25) is 0 Å². The number of ether oxygens (including phenoxy) is 3. The van der Waals surface area contributed by atoms with Crippen LogP contribution in [0.3, 0.4) is 0 Å². The Labute approximate surface area is 391 Å². The molecule has 0 heterocycles. The SMILES string of the molecule is CC(=O)OCCCP(c1ccccc1)c1ccccc1.CC(=O)OCCCP(c1ccccc1)c1ccccc1.CC(=O)OCCCP(c1ccccc1)c1ccccc1.[C]=O.[Rh]. The summed E-state index contributed by atoms with van der Waals surface area (Å²) < 4.78 is 15.1. The Hall–Kier alpha value is -4.69. The van der Waals surface area contributed by atoms with Crippen molar-refractivity contribution in [3.8, 4) is 0 Å². The summed E-state index contributed by atoms with van der Waals surface area (Å²) in [6, 6.07) is 63.5. The molecule has 0 amide bonds. The summed E-state index contributed by atoms with van der Waals surface area (Å²) in [6.45, 7) is 10.4. The van der Waals surface area contributed by atoms with Gasteiger partial charge in [0, 0.05) is 40.2 Å². The molecule has 0 N–H and O–H groups in total. The van der Waals surface area contributed by atoms with Crippen LogP contribution in [-0.4, -0.2) is 63.0 Å². The molecular weight excluding hydrogens is 932 g/mol. The Morgan fingerprint density at radius 3 is 0.651 bits per heavy atom. The molecule has 0 saturated heterocycles. The van der Waals surface area contributed by atoms with Crippen molar-refractivity contribution < 1.29 is 52.9 Å². The molecule has 331 valence electrons. The van der Waals surface area contributed by atoms with Crippen molar-refractivity contribution in [3.63, 3.8) is 0 Å². The zero-order valence-corrected chi connectivity index (χ0v) is 40.5. The van der Waals surface area contributed by atoms with Gasteiger partial charge in [-0.3, -0.25) is 19.2 Å². The number of benzene rings is 6. The van der Waals surface area contributed by atoms with Crippen LogP contribution in [-0.2, 0) is 52.9 Å². The first-order valence-corrected chi connectivity index (χ1v) is 25.1. The Kier molecular flexibility index (Phi) is 29.2. The van der Waals surface area contributed by atoms with E-state index >= 15 is 0 Å². The number of rotatable bonds is 18. The number of esters is 3. The van der Waals surface area contributed by atoms with Gasteiger partial charge in [0.1, 0.15) is 0 Å². The zero-order chi connectivity index (χ0) is 44.6. The van der Waals surface area contributed by atoms with Crippen LogP contribution < -0.4 is 31.8 Å². The van der Waals surface area contributed by atoms with Crippen LogP contribution in [0.2, 0.25) is 0 Å². The van der Waals surface area contributed by atoms with E-state index < -0.39 is 0 Å². The van der Waals surface area contributed by atoms with Crippen LogP contribution in [0.25, 0.3) is 0 Å². The van der Waals surface area contributed by atoms with Crippen molar-refractivity contribution in [2.24, 2.45) is 0 Å². The fourth-order valence-corrected chi connectivity index (χ4v) is 13.2. The van der Waals surface area contributed by atoms with Gasteiger partial charge in [-0.05, 0) is 93.3 Å². The van der Waals surface area contributed by atoms with Crippen molar-refractivity contribution in [1.82, 2.24) is 0 Å². The molecule has 0 atom stereocenters. The number of hydrogen-bond acceptors (Lipinski definition) is 7. The molecule has 11 heteroatoms. The summed E-state index contributed by atoms with van der Waals surface area (Å²) in [5.41, 5.74) is 0. The van der Waals surface area contributed by atoms with Gasteiger partial charge in [0.25, 0.3) is 6.79 Å². The minimum Gasteiger partial charge on any atom is -0.466 e. The van der Waals surface area contributed by atoms with E-state index in [-0.39, 0.29) is 61.2 Å². The Bertz CT molecular complexity index is 1730. The van der Waals surface area contributed by atoms with E-state index in [1.54, 1.807) is 0 Å². The van der Waals surface area contributed by atoms with Crippen LogP contribution in [0.5, 0.6) is 0 Å². The molecule has 0 unspecified atom stereocenters. The first kappa shape index (κ1) is 54.4. The first-order chi connectivity index (χ1) is 30.3. The Morgan fingerprint density at radius 2 is 0.508 bits per heavy atom. The molecule has 6 aromatic carbocycles. The molecule has 0 aromatic heterocycles. The molecule has 0 fully saturated rings. The second kappa shape index (κ2) is 33.8. The predicted molar refractivity (Wildman–Crippen MR) is 261 cm³/mol. The first-order valence-electron chi connectivity index (χ1n) is 20.5. The van der Waals surface area contributed by atoms with E-state index in [1.807, 2.05) is 36.4 Å². The van der Waals surface area contributed by atoms with Gasteiger partial charge in [0.15, 0.2) is 0 Å². The van der Waals surface area contributed by atoms with Gasteiger partial charge in [-0.2, -0.15) is 0 Å². The van der Waals surface area contributed by atoms with E-state index in [9.17, 15) is 14.4 Å². The minimum absolute atomic E-state index is 0. The van der Waals surface area contributed by atoms with Gasteiger partial charge in [-0.1, -0.05) is 182 Å². The van der Waals surface area contributed by atoms with E-state index in [4.69, 9.17) is 19.0 Å². The monoisotopic (exact) mass is 989 g/mol. The van der Waals surface area contributed by atoms with Crippen molar-refractivity contribution in [2.45, 2.75) is 40.0 Å². The van der Waals surface area contributed by atoms with Gasteiger partial charge in [-0.15, -0.1) is 0 Å². The summed E-state index contributed by atoms with van der Waals surface area (Å²) >= 11 is 0. The number of hydrogen-bond donors (Lipinski definition) is 0. The summed E-state index contributed by atoms with van der Waals surface area (Å²) in [7, 11) is -1.12. The van der Waals surface area contributed by atoms with Gasteiger partial charge < -0.3 is 14.2 Å². The standard InChI is InChI=1S/3C17H19O2P.CO.Rh/c3*1-15(18)19-13-8-14-20(16-9-4-2-5-10-16)17-11-6-3-7-12-17;1-2;/h3*2-7,9-12H,8,13-14H2,1H3;;. The smallest absolute Gasteiger partial charge is 0.302 e. The fourth-order valence-electron chi connectivity index (χ4n) is 6.19. The van der Waals surface area contributed by atoms with Crippen LogP contribution in [0.1, 0.15) is 40.0 Å². The molecule has 0 aliphatic heterocycles. The molecule has 0 spiro atoms. The molecule has 0 aliphatic carbocycles. The normalized spacial score (nSPS) is 10.1. The number of carbonyl (C=O) groups excluding carboxylic acids is 4. The van der Waals surface area contributed by atoms with Crippen LogP contribution >= 0.6 is 23.8 Å². The minimum atomic E-state index is -0.373. The van der Waals surface area contributed by atoms with Gasteiger partial charge in [-0.25, -0.2) is 0 Å². The molecule has 63 heavy (non-hydrogen) atoms. The summed E-state index contributed by atoms with van der Waals surface area (Å²) in [4.78, 5) is 39.9. The second-order valence-electron chi connectivity index (χ2n) is 13.5. The summed E-state index contributed by atoms with van der Waals surface area (Å²) in [6.07, 6.45) is 5.81. The molecular formula is C52H57O7P3Rh. The largest absolute Gasteiger partial charge is 0.466 e. The maximum Gasteiger partial charge on any atom is 0.302 e. The molecule has 6 rings (SSSR count). The number of carbonyl (C=O) groups is 3. The topological polar surface area (TPSA) is 96.0 Å². The van der Waals surface area contributed by atoms with Crippen LogP contribution in [0.4, 0.5) is 0 Å². The van der Waals surface area contributed by atoms with Gasteiger partial charge >= 0.3 is 17.9 Å². The maximum absolute atomic E-state index is 10.8. The maximum atomic E-state index is 10.8. The molecule has 3 radical (unpaired) electrons. The molecule has 0 bridgehead atoms. The quantitative estimate of drug-likeness (QED) is 0.0280. The summed E-state index contributed by atoms with van der Waals surface area (Å²) in [5.74, 6) is -0.601. The molecule has 6 aromatic rings. The average Bonchev–Trinajstić information content (AvgIpc) is 3.31. The second-order valence-corrected chi connectivity index (χ2v) is 20.6. The van der Waals surface area contributed by atoms with Crippen LogP contribution in [0, 0.1) is 0 Å². The predicted octanol–water partition coefficient (Wildman–Crippen LogP) is 8.82. The third-order valence-corrected chi connectivity index (χ3v) is 16.7. The molecule has 7 nitrogen and oxygen atoms in total. The van der Waals surface area contributed by atoms with E-state index in [0.717, 1.165) is 37.7 Å². The van der Waals surface area contributed by atoms with Crippen LogP contribution in [0.15, 0.2) is 182 Å². The van der Waals surface area contributed by atoms with Crippen molar-refractivity contribution in [1.29, 1.82) is 0 Å². The van der Waals surface area contributed by atoms with Gasteiger partial charge in [0.05, 0.1) is 19.8 Å². The summed E-state index contributed by atoms with van der Waals surface area (Å²) in [5, 5.41) is 8.23. The van der Waals surface area contributed by atoms with E-state index in [0.29, 0.717) is 19.8 Å². The third-order valence-electron chi connectivity index (χ3n) is 8.90. The third kappa shape index (κ3) is 22.5. The Morgan fingerprint density at radius 1 is 0.349 bits per heavy atom. The molecule has 0 saturated carbocycles. The van der Waals surface area contributed by atoms with Crippen molar-refractivity contribution in [2.75, 3.05) is 38.3 Å². The molecule has 0 aliphatic rings.